The standard InChI is InChI=1S/C16H23N3O4/c1-12(2)14(20)18-7-3-5-16(10-18)11-19(8-9-22-16)15(21)13-4-6-17-23-13/h4,6,12H,3,5,7-11H2,1-2H3. The fraction of sp³-hybridized carbons (Fsp3) is 0.688. The van der Waals surface area contributed by atoms with Crippen molar-refractivity contribution < 1.29 is 18.8 Å². The van der Waals surface area contributed by atoms with Gasteiger partial charge in [0.2, 0.25) is 11.7 Å². The van der Waals surface area contributed by atoms with Crippen LogP contribution in [0.15, 0.2) is 16.8 Å². The van der Waals surface area contributed by atoms with Crippen LogP contribution in [0.2, 0.25) is 0 Å². The number of amides is 2. The Hall–Kier alpha value is -1.89. The molecule has 2 fully saturated rings. The van der Waals surface area contributed by atoms with Gasteiger partial charge in [0.05, 0.1) is 25.9 Å². The van der Waals surface area contributed by atoms with Crippen molar-refractivity contribution in [3.8, 4) is 0 Å². The Balaban J connectivity index is 1.71. The van der Waals surface area contributed by atoms with E-state index in [4.69, 9.17) is 9.26 Å². The van der Waals surface area contributed by atoms with Crippen molar-refractivity contribution in [1.82, 2.24) is 15.0 Å². The van der Waals surface area contributed by atoms with Crippen LogP contribution in [-0.2, 0) is 9.53 Å². The molecular weight excluding hydrogens is 298 g/mol. The van der Waals surface area contributed by atoms with Gasteiger partial charge in [-0.25, -0.2) is 0 Å². The molecule has 1 unspecified atom stereocenters. The number of morpholine rings is 1. The Labute approximate surface area is 135 Å². The second-order valence-corrected chi connectivity index (χ2v) is 6.65. The highest BCUT2D eigenvalue weighted by Crippen LogP contribution is 2.30. The topological polar surface area (TPSA) is 75.9 Å². The molecule has 2 aliphatic rings. The van der Waals surface area contributed by atoms with Gasteiger partial charge >= 0.3 is 0 Å². The maximum absolute atomic E-state index is 12.5. The number of hydrogen-bond acceptors (Lipinski definition) is 5. The monoisotopic (exact) mass is 321 g/mol. The molecule has 2 aliphatic heterocycles. The molecule has 0 aromatic carbocycles. The van der Waals surface area contributed by atoms with E-state index in [9.17, 15) is 9.59 Å². The van der Waals surface area contributed by atoms with Crippen LogP contribution in [0.1, 0.15) is 37.2 Å². The number of likely N-dealkylation sites (tertiary alicyclic amines) is 1. The van der Waals surface area contributed by atoms with Crippen LogP contribution >= 0.6 is 0 Å². The Kier molecular flexibility index (Phi) is 4.39. The minimum atomic E-state index is -0.462. The molecular formula is C16H23N3O4. The van der Waals surface area contributed by atoms with Crippen molar-refractivity contribution in [2.24, 2.45) is 5.92 Å². The lowest BCUT2D eigenvalue weighted by Gasteiger charge is -2.48. The van der Waals surface area contributed by atoms with Crippen molar-refractivity contribution in [3.63, 3.8) is 0 Å². The van der Waals surface area contributed by atoms with Crippen LogP contribution in [0.3, 0.4) is 0 Å². The molecule has 23 heavy (non-hydrogen) atoms. The van der Waals surface area contributed by atoms with Gasteiger partial charge in [0.25, 0.3) is 5.91 Å². The molecule has 126 valence electrons. The summed E-state index contributed by atoms with van der Waals surface area (Å²) in [6, 6.07) is 1.57. The number of carbonyl (C=O) groups excluding carboxylic acids is 2. The third kappa shape index (κ3) is 3.24. The molecule has 0 saturated carbocycles. The van der Waals surface area contributed by atoms with Gasteiger partial charge in [-0.2, -0.15) is 0 Å². The highest BCUT2D eigenvalue weighted by molar-refractivity contribution is 5.91. The lowest BCUT2D eigenvalue weighted by molar-refractivity contribution is -0.156. The third-order valence-electron chi connectivity index (χ3n) is 4.53. The van der Waals surface area contributed by atoms with Crippen LogP contribution in [-0.4, -0.2) is 65.2 Å². The van der Waals surface area contributed by atoms with E-state index in [-0.39, 0.29) is 23.5 Å². The van der Waals surface area contributed by atoms with Crippen LogP contribution in [0.4, 0.5) is 0 Å². The van der Waals surface area contributed by atoms with Crippen LogP contribution in [0, 0.1) is 5.92 Å². The largest absolute Gasteiger partial charge is 0.369 e. The van der Waals surface area contributed by atoms with Crippen molar-refractivity contribution in [1.29, 1.82) is 0 Å². The molecule has 3 rings (SSSR count). The first kappa shape index (κ1) is 16.0. The highest BCUT2D eigenvalue weighted by atomic mass is 16.5. The molecule has 0 aliphatic carbocycles. The van der Waals surface area contributed by atoms with Gasteiger partial charge in [0.1, 0.15) is 5.60 Å². The highest BCUT2D eigenvalue weighted by Gasteiger charge is 2.43. The average molecular weight is 321 g/mol. The van der Waals surface area contributed by atoms with Gasteiger partial charge in [-0.3, -0.25) is 9.59 Å². The van der Waals surface area contributed by atoms with Gasteiger partial charge in [-0.05, 0) is 12.8 Å². The summed E-state index contributed by atoms with van der Waals surface area (Å²) >= 11 is 0. The number of rotatable bonds is 2. The Morgan fingerprint density at radius 3 is 2.74 bits per heavy atom. The third-order valence-corrected chi connectivity index (χ3v) is 4.53. The van der Waals surface area contributed by atoms with Crippen molar-refractivity contribution in [3.05, 3.63) is 18.0 Å². The fourth-order valence-electron chi connectivity index (χ4n) is 3.40. The second-order valence-electron chi connectivity index (χ2n) is 6.65. The fourth-order valence-corrected chi connectivity index (χ4v) is 3.40. The summed E-state index contributed by atoms with van der Waals surface area (Å²) in [5.74, 6) is 0.192. The van der Waals surface area contributed by atoms with Crippen LogP contribution < -0.4 is 0 Å². The molecule has 0 radical (unpaired) electrons. The summed E-state index contributed by atoms with van der Waals surface area (Å²) in [5.41, 5.74) is -0.462. The molecule has 0 N–H and O–H groups in total. The summed E-state index contributed by atoms with van der Waals surface area (Å²) in [7, 11) is 0. The number of nitrogens with zero attached hydrogens (tertiary/aromatic N) is 3. The van der Waals surface area contributed by atoms with E-state index in [1.54, 1.807) is 11.0 Å². The zero-order valence-corrected chi connectivity index (χ0v) is 13.7. The molecule has 1 atom stereocenters. The minimum Gasteiger partial charge on any atom is -0.369 e. The average Bonchev–Trinajstić information content (AvgIpc) is 3.08. The van der Waals surface area contributed by atoms with E-state index in [2.05, 4.69) is 5.16 Å². The maximum Gasteiger partial charge on any atom is 0.292 e. The second kappa shape index (κ2) is 6.31. The summed E-state index contributed by atoms with van der Waals surface area (Å²) in [4.78, 5) is 28.4. The van der Waals surface area contributed by atoms with E-state index >= 15 is 0 Å². The van der Waals surface area contributed by atoms with Gasteiger partial charge < -0.3 is 19.1 Å². The first-order chi connectivity index (χ1) is 11.0. The Bertz CT molecular complexity index is 568. The van der Waals surface area contributed by atoms with Gasteiger partial charge in [-0.1, -0.05) is 19.0 Å². The molecule has 2 saturated heterocycles. The number of aromatic nitrogens is 1. The molecule has 7 heteroatoms. The Morgan fingerprint density at radius 2 is 2.04 bits per heavy atom. The van der Waals surface area contributed by atoms with E-state index in [1.165, 1.54) is 6.20 Å². The molecule has 3 heterocycles. The molecule has 0 bridgehead atoms. The molecule has 1 aromatic heterocycles. The molecule has 1 aromatic rings. The predicted molar refractivity (Wildman–Crippen MR) is 81.7 cm³/mol. The quantitative estimate of drug-likeness (QED) is 0.817. The zero-order valence-electron chi connectivity index (χ0n) is 13.7. The van der Waals surface area contributed by atoms with E-state index < -0.39 is 5.60 Å². The Morgan fingerprint density at radius 1 is 1.26 bits per heavy atom. The molecule has 1 spiro atoms. The summed E-state index contributed by atoms with van der Waals surface area (Å²) < 4.78 is 11.0. The van der Waals surface area contributed by atoms with E-state index in [1.807, 2.05) is 18.7 Å². The first-order valence-corrected chi connectivity index (χ1v) is 8.13. The lowest BCUT2D eigenvalue weighted by Crippen LogP contribution is -2.61. The smallest absolute Gasteiger partial charge is 0.292 e. The number of ether oxygens (including phenoxy) is 1. The summed E-state index contributed by atoms with van der Waals surface area (Å²) in [6.45, 7) is 6.61. The SMILES string of the molecule is CC(C)C(=O)N1CCCC2(CN(C(=O)c3ccno3)CCO2)C1. The van der Waals surface area contributed by atoms with Crippen molar-refractivity contribution in [2.75, 3.05) is 32.8 Å². The molecule has 2 amide bonds. The first-order valence-electron chi connectivity index (χ1n) is 8.13. The van der Waals surface area contributed by atoms with E-state index in [0.717, 1.165) is 19.4 Å². The van der Waals surface area contributed by atoms with Gasteiger partial charge in [-0.15, -0.1) is 0 Å². The summed E-state index contributed by atoms with van der Waals surface area (Å²) in [6.07, 6.45) is 3.21. The zero-order chi connectivity index (χ0) is 16.4. The number of carbonyl (C=O) groups is 2. The van der Waals surface area contributed by atoms with Gasteiger partial charge in [0, 0.05) is 25.1 Å². The minimum absolute atomic E-state index is 0.0272. The molecule has 7 nitrogen and oxygen atoms in total. The number of hydrogen-bond donors (Lipinski definition) is 0. The van der Waals surface area contributed by atoms with Crippen molar-refractivity contribution in [2.45, 2.75) is 32.3 Å². The van der Waals surface area contributed by atoms with Crippen molar-refractivity contribution >= 4 is 11.8 Å². The lowest BCUT2D eigenvalue weighted by atomic mass is 9.90. The van der Waals surface area contributed by atoms with Crippen LogP contribution in [0.5, 0.6) is 0 Å². The maximum atomic E-state index is 12.5. The predicted octanol–water partition coefficient (Wildman–Crippen LogP) is 1.16. The normalized spacial score (nSPS) is 25.2. The van der Waals surface area contributed by atoms with Gasteiger partial charge in [0.15, 0.2) is 0 Å². The van der Waals surface area contributed by atoms with E-state index in [0.29, 0.717) is 26.2 Å². The van der Waals surface area contributed by atoms with Crippen LogP contribution in [0.25, 0.3) is 0 Å². The summed E-state index contributed by atoms with van der Waals surface area (Å²) in [5, 5.41) is 3.59. The number of piperidine rings is 1.